The molecule has 0 radical (unpaired) electrons. The number of piperazine rings is 1. The van der Waals surface area contributed by atoms with E-state index in [2.05, 4.69) is 0 Å². The fourth-order valence-corrected chi connectivity index (χ4v) is 4.05. The molecule has 1 aromatic rings. The lowest BCUT2D eigenvalue weighted by molar-refractivity contribution is 0.192. The van der Waals surface area contributed by atoms with Gasteiger partial charge in [-0.3, -0.25) is 5.84 Å². The van der Waals surface area contributed by atoms with Gasteiger partial charge in [0, 0.05) is 26.2 Å². The topological polar surface area (TPSA) is 66.6 Å². The third kappa shape index (κ3) is 2.21. The highest BCUT2D eigenvalue weighted by Gasteiger charge is 2.28. The molecule has 2 N–H and O–H groups in total. The molecule has 0 spiro atoms. The second kappa shape index (κ2) is 4.18. The van der Waals surface area contributed by atoms with Crippen molar-refractivity contribution in [3.63, 3.8) is 0 Å². The molecule has 0 aromatic carbocycles. The summed E-state index contributed by atoms with van der Waals surface area (Å²) in [6.07, 6.45) is 0. The quantitative estimate of drug-likeness (QED) is 0.743. The molecule has 1 saturated heterocycles. The van der Waals surface area contributed by atoms with Crippen LogP contribution in [-0.2, 0) is 10.0 Å². The molecule has 84 valence electrons. The van der Waals surface area contributed by atoms with E-state index in [1.807, 2.05) is 0 Å². The molecule has 5 nitrogen and oxygen atoms in total. The van der Waals surface area contributed by atoms with Gasteiger partial charge in [0.05, 0.1) is 0 Å². The van der Waals surface area contributed by atoms with Gasteiger partial charge in [-0.15, -0.1) is 11.3 Å². The first-order valence-corrected chi connectivity index (χ1v) is 6.96. The molecule has 2 rings (SSSR count). The summed E-state index contributed by atoms with van der Waals surface area (Å²) in [5.74, 6) is 5.57. The van der Waals surface area contributed by atoms with Crippen LogP contribution in [0.5, 0.6) is 0 Å². The van der Waals surface area contributed by atoms with Crippen molar-refractivity contribution < 1.29 is 8.42 Å². The molecule has 1 aliphatic heterocycles. The van der Waals surface area contributed by atoms with Gasteiger partial charge in [-0.2, -0.15) is 4.31 Å². The maximum absolute atomic E-state index is 12.0. The first kappa shape index (κ1) is 11.0. The molecular formula is C8H13N3O2S2. The van der Waals surface area contributed by atoms with Crippen molar-refractivity contribution in [2.45, 2.75) is 4.21 Å². The van der Waals surface area contributed by atoms with Crippen molar-refractivity contribution >= 4 is 21.4 Å². The van der Waals surface area contributed by atoms with Gasteiger partial charge in [0.15, 0.2) is 0 Å². The number of nitrogens with zero attached hydrogens (tertiary/aromatic N) is 2. The van der Waals surface area contributed by atoms with Gasteiger partial charge < -0.3 is 0 Å². The van der Waals surface area contributed by atoms with Crippen molar-refractivity contribution in [3.05, 3.63) is 17.5 Å². The Morgan fingerprint density at radius 2 is 1.93 bits per heavy atom. The zero-order valence-electron chi connectivity index (χ0n) is 8.17. The van der Waals surface area contributed by atoms with Crippen LogP contribution in [0.3, 0.4) is 0 Å². The van der Waals surface area contributed by atoms with E-state index in [9.17, 15) is 8.42 Å². The zero-order valence-corrected chi connectivity index (χ0v) is 9.80. The van der Waals surface area contributed by atoms with Crippen molar-refractivity contribution in [2.75, 3.05) is 26.2 Å². The lowest BCUT2D eigenvalue weighted by atomic mass is 10.4. The molecule has 1 fully saturated rings. The average Bonchev–Trinajstić information content (AvgIpc) is 2.71. The van der Waals surface area contributed by atoms with Crippen molar-refractivity contribution in [1.29, 1.82) is 0 Å². The Kier molecular flexibility index (Phi) is 3.08. The summed E-state index contributed by atoms with van der Waals surface area (Å²) >= 11 is 1.25. The number of hydrogen-bond donors (Lipinski definition) is 1. The third-order valence-electron chi connectivity index (χ3n) is 2.36. The first-order chi connectivity index (χ1) is 7.10. The monoisotopic (exact) mass is 247 g/mol. The minimum atomic E-state index is -3.27. The summed E-state index contributed by atoms with van der Waals surface area (Å²) in [5, 5.41) is 3.41. The summed E-state index contributed by atoms with van der Waals surface area (Å²) in [7, 11) is -3.27. The minimum absolute atomic E-state index is 0.410. The van der Waals surface area contributed by atoms with E-state index in [0.29, 0.717) is 30.4 Å². The SMILES string of the molecule is NN1CCN(S(=O)(=O)c2cccs2)CC1. The number of sulfonamides is 1. The van der Waals surface area contributed by atoms with Crippen LogP contribution < -0.4 is 5.84 Å². The van der Waals surface area contributed by atoms with Gasteiger partial charge in [0.1, 0.15) is 4.21 Å². The predicted octanol–water partition coefficient (Wildman–Crippen LogP) is -0.0719. The highest BCUT2D eigenvalue weighted by atomic mass is 32.2. The molecule has 0 saturated carbocycles. The summed E-state index contributed by atoms with van der Waals surface area (Å²) in [5.41, 5.74) is 0. The normalized spacial score (nSPS) is 20.6. The third-order valence-corrected chi connectivity index (χ3v) is 5.63. The Bertz CT molecular complexity index is 407. The van der Waals surface area contributed by atoms with E-state index in [-0.39, 0.29) is 0 Å². The van der Waals surface area contributed by atoms with Crippen molar-refractivity contribution in [1.82, 2.24) is 9.31 Å². The smallest absolute Gasteiger partial charge is 0.252 e. The van der Waals surface area contributed by atoms with Gasteiger partial charge in [-0.05, 0) is 11.4 Å². The lowest BCUT2D eigenvalue weighted by Crippen LogP contribution is -2.50. The minimum Gasteiger partial charge on any atom is -0.269 e. The molecule has 0 atom stereocenters. The Morgan fingerprint density at radius 1 is 1.27 bits per heavy atom. The second-order valence-corrected chi connectivity index (χ2v) is 6.48. The number of nitrogens with two attached hydrogens (primary N) is 1. The maximum atomic E-state index is 12.0. The Morgan fingerprint density at radius 3 is 2.47 bits per heavy atom. The Labute approximate surface area is 93.1 Å². The summed E-state index contributed by atoms with van der Waals surface area (Å²) in [6.45, 7) is 2.11. The summed E-state index contributed by atoms with van der Waals surface area (Å²) < 4.78 is 26.0. The van der Waals surface area contributed by atoms with Crippen LogP contribution in [-0.4, -0.2) is 43.9 Å². The van der Waals surface area contributed by atoms with Crippen LogP contribution in [0.15, 0.2) is 21.7 Å². The number of thiophene rings is 1. The first-order valence-electron chi connectivity index (χ1n) is 4.64. The van der Waals surface area contributed by atoms with Gasteiger partial charge in [-0.1, -0.05) is 6.07 Å². The highest BCUT2D eigenvalue weighted by molar-refractivity contribution is 7.91. The van der Waals surface area contributed by atoms with Crippen LogP contribution in [0.4, 0.5) is 0 Å². The van der Waals surface area contributed by atoms with Gasteiger partial charge in [0.2, 0.25) is 0 Å². The Hall–Kier alpha value is -0.470. The van der Waals surface area contributed by atoms with Crippen LogP contribution in [0.2, 0.25) is 0 Å². The van der Waals surface area contributed by atoms with Gasteiger partial charge in [-0.25, -0.2) is 13.4 Å². The lowest BCUT2D eigenvalue weighted by Gasteiger charge is -2.30. The second-order valence-electron chi connectivity index (χ2n) is 3.37. The van der Waals surface area contributed by atoms with E-state index in [4.69, 9.17) is 5.84 Å². The number of hydrazine groups is 1. The van der Waals surface area contributed by atoms with E-state index < -0.39 is 10.0 Å². The zero-order chi connectivity index (χ0) is 10.9. The van der Waals surface area contributed by atoms with E-state index in [1.54, 1.807) is 22.5 Å². The fraction of sp³-hybridized carbons (Fsp3) is 0.500. The van der Waals surface area contributed by atoms with Crippen LogP contribution in [0, 0.1) is 0 Å². The van der Waals surface area contributed by atoms with Crippen molar-refractivity contribution in [2.24, 2.45) is 5.84 Å². The van der Waals surface area contributed by atoms with Crippen LogP contribution in [0.1, 0.15) is 0 Å². The van der Waals surface area contributed by atoms with Gasteiger partial charge in [0.25, 0.3) is 10.0 Å². The number of rotatable bonds is 2. The fourth-order valence-electron chi connectivity index (χ4n) is 1.48. The molecule has 7 heteroatoms. The molecule has 0 amide bonds. The number of hydrogen-bond acceptors (Lipinski definition) is 5. The molecule has 1 aromatic heterocycles. The van der Waals surface area contributed by atoms with E-state index in [0.717, 1.165) is 0 Å². The molecule has 15 heavy (non-hydrogen) atoms. The average molecular weight is 247 g/mol. The molecule has 2 heterocycles. The maximum Gasteiger partial charge on any atom is 0.252 e. The van der Waals surface area contributed by atoms with Crippen LogP contribution in [0.25, 0.3) is 0 Å². The predicted molar refractivity (Wildman–Crippen MR) is 58.8 cm³/mol. The Balaban J connectivity index is 2.17. The van der Waals surface area contributed by atoms with E-state index in [1.165, 1.54) is 15.6 Å². The largest absolute Gasteiger partial charge is 0.269 e. The standard InChI is InChI=1S/C8H13N3O2S2/c9-10-3-5-11(6-4-10)15(12,13)8-2-1-7-14-8/h1-2,7H,3-6,9H2. The summed E-state index contributed by atoms with van der Waals surface area (Å²) in [4.78, 5) is 0. The van der Waals surface area contributed by atoms with E-state index >= 15 is 0 Å². The molecule has 1 aliphatic rings. The molecular weight excluding hydrogens is 234 g/mol. The highest BCUT2D eigenvalue weighted by Crippen LogP contribution is 2.21. The summed E-state index contributed by atoms with van der Waals surface area (Å²) in [6, 6.07) is 3.38. The van der Waals surface area contributed by atoms with Gasteiger partial charge >= 0.3 is 0 Å². The van der Waals surface area contributed by atoms with Crippen LogP contribution >= 0.6 is 11.3 Å². The van der Waals surface area contributed by atoms with Crippen molar-refractivity contribution in [3.8, 4) is 0 Å². The molecule has 0 aliphatic carbocycles. The molecule has 0 bridgehead atoms. The molecule has 0 unspecified atom stereocenters.